The van der Waals surface area contributed by atoms with Gasteiger partial charge in [0, 0.05) is 11.9 Å². The minimum atomic E-state index is -0.673. The average molecular weight is 451 g/mol. The zero-order chi connectivity index (χ0) is 22.7. The maximum absolute atomic E-state index is 13.2. The van der Waals surface area contributed by atoms with Crippen LogP contribution in [0.5, 0.6) is 0 Å². The molecule has 1 atom stereocenters. The second-order valence-corrected chi connectivity index (χ2v) is 8.63. The van der Waals surface area contributed by atoms with Gasteiger partial charge in [-0.05, 0) is 43.2 Å². The summed E-state index contributed by atoms with van der Waals surface area (Å²) in [5, 5.41) is 11.0. The number of fused-ring (bicyclic) bond motifs is 1. The number of halogens is 1. The van der Waals surface area contributed by atoms with Gasteiger partial charge in [0.25, 0.3) is 5.91 Å². The number of amides is 2. The second kappa shape index (κ2) is 9.32. The van der Waals surface area contributed by atoms with E-state index >= 15 is 0 Å². The van der Waals surface area contributed by atoms with Crippen LogP contribution in [0.1, 0.15) is 33.4 Å². The third-order valence-electron chi connectivity index (χ3n) is 5.13. The van der Waals surface area contributed by atoms with Crippen LogP contribution in [-0.4, -0.2) is 27.6 Å². The minimum Gasteiger partial charge on any atom is -0.350 e. The standard InChI is InChI=1S/C24H23FN4O2S/c1-15-20-12-21(32-24(20)29(28-15)14-18-8-10-19(25)11-9-18)23(31)27-16(2)22(30)26-13-17-6-4-3-5-7-17/h3-12,16H,13-14H2,1-2H3,(H,26,30)(H,27,31). The molecular formula is C24H23FN4O2S. The monoisotopic (exact) mass is 450 g/mol. The molecule has 0 bridgehead atoms. The third-order valence-corrected chi connectivity index (χ3v) is 6.27. The van der Waals surface area contributed by atoms with Gasteiger partial charge in [-0.15, -0.1) is 11.3 Å². The van der Waals surface area contributed by atoms with Crippen LogP contribution in [0, 0.1) is 12.7 Å². The highest BCUT2D eigenvalue weighted by Gasteiger charge is 2.20. The first-order chi connectivity index (χ1) is 15.4. The predicted octanol–water partition coefficient (Wildman–Crippen LogP) is 4.03. The number of aromatic nitrogens is 2. The molecule has 2 amide bonds. The van der Waals surface area contributed by atoms with Crippen molar-refractivity contribution in [2.45, 2.75) is 33.0 Å². The molecule has 0 aliphatic heterocycles. The maximum atomic E-state index is 13.2. The van der Waals surface area contributed by atoms with Crippen molar-refractivity contribution in [3.05, 3.63) is 88.2 Å². The Labute approximate surface area is 189 Å². The molecule has 2 N–H and O–H groups in total. The van der Waals surface area contributed by atoms with Crippen molar-refractivity contribution in [3.8, 4) is 0 Å². The normalized spacial score (nSPS) is 12.0. The molecule has 8 heteroatoms. The molecule has 6 nitrogen and oxygen atoms in total. The summed E-state index contributed by atoms with van der Waals surface area (Å²) in [5.41, 5.74) is 2.72. The topological polar surface area (TPSA) is 76.0 Å². The summed E-state index contributed by atoms with van der Waals surface area (Å²) in [6.07, 6.45) is 0. The van der Waals surface area contributed by atoms with Crippen LogP contribution < -0.4 is 10.6 Å². The molecule has 4 aromatic rings. The van der Waals surface area contributed by atoms with Gasteiger partial charge in [0.1, 0.15) is 16.7 Å². The van der Waals surface area contributed by atoms with E-state index in [2.05, 4.69) is 15.7 Å². The molecule has 32 heavy (non-hydrogen) atoms. The van der Waals surface area contributed by atoms with Gasteiger partial charge in [0.2, 0.25) is 5.91 Å². The highest BCUT2D eigenvalue weighted by atomic mass is 32.1. The highest BCUT2D eigenvalue weighted by Crippen LogP contribution is 2.29. The number of nitrogens with zero attached hydrogens (tertiary/aromatic N) is 2. The smallest absolute Gasteiger partial charge is 0.262 e. The van der Waals surface area contributed by atoms with Crippen molar-refractivity contribution < 1.29 is 14.0 Å². The number of aryl methyl sites for hydroxylation is 1. The summed E-state index contributed by atoms with van der Waals surface area (Å²) in [6.45, 7) is 4.43. The molecule has 0 aliphatic carbocycles. The molecule has 1 unspecified atom stereocenters. The van der Waals surface area contributed by atoms with Crippen molar-refractivity contribution in [2.75, 3.05) is 0 Å². The summed E-state index contributed by atoms with van der Waals surface area (Å²) in [4.78, 5) is 26.5. The van der Waals surface area contributed by atoms with Gasteiger partial charge in [-0.25, -0.2) is 4.39 Å². The first-order valence-electron chi connectivity index (χ1n) is 10.2. The molecule has 0 fully saturated rings. The third kappa shape index (κ3) is 4.86. The highest BCUT2D eigenvalue weighted by molar-refractivity contribution is 7.20. The lowest BCUT2D eigenvalue weighted by Crippen LogP contribution is -2.44. The molecule has 164 valence electrons. The molecule has 2 aromatic heterocycles. The summed E-state index contributed by atoms with van der Waals surface area (Å²) in [7, 11) is 0. The lowest BCUT2D eigenvalue weighted by Gasteiger charge is -2.13. The van der Waals surface area contributed by atoms with Crippen molar-refractivity contribution in [1.29, 1.82) is 0 Å². The van der Waals surface area contributed by atoms with Crippen LogP contribution >= 0.6 is 11.3 Å². The Morgan fingerprint density at radius 2 is 1.81 bits per heavy atom. The van der Waals surface area contributed by atoms with Crippen LogP contribution in [0.3, 0.4) is 0 Å². The van der Waals surface area contributed by atoms with Gasteiger partial charge < -0.3 is 10.6 Å². The summed E-state index contributed by atoms with van der Waals surface area (Å²) >= 11 is 1.32. The summed E-state index contributed by atoms with van der Waals surface area (Å²) in [6, 6.07) is 17.0. The van der Waals surface area contributed by atoms with Crippen molar-refractivity contribution >= 4 is 33.4 Å². The molecule has 0 saturated carbocycles. The van der Waals surface area contributed by atoms with E-state index in [1.54, 1.807) is 25.1 Å². The molecular weight excluding hydrogens is 427 g/mol. The van der Waals surface area contributed by atoms with Crippen LogP contribution in [0.15, 0.2) is 60.7 Å². The summed E-state index contributed by atoms with van der Waals surface area (Å²) < 4.78 is 15.0. The Morgan fingerprint density at radius 3 is 2.53 bits per heavy atom. The first-order valence-corrected chi connectivity index (χ1v) is 11.1. The van der Waals surface area contributed by atoms with Gasteiger partial charge in [0.05, 0.1) is 17.1 Å². The van der Waals surface area contributed by atoms with Gasteiger partial charge in [-0.1, -0.05) is 42.5 Å². The molecule has 4 rings (SSSR count). The fraction of sp³-hybridized carbons (Fsp3) is 0.208. The van der Waals surface area contributed by atoms with Crippen LogP contribution in [-0.2, 0) is 17.9 Å². The van der Waals surface area contributed by atoms with E-state index in [0.29, 0.717) is 18.0 Å². The molecule has 0 radical (unpaired) electrons. The van der Waals surface area contributed by atoms with E-state index < -0.39 is 6.04 Å². The quantitative estimate of drug-likeness (QED) is 0.446. The molecule has 2 aromatic carbocycles. The van der Waals surface area contributed by atoms with Gasteiger partial charge >= 0.3 is 0 Å². The van der Waals surface area contributed by atoms with Gasteiger partial charge in [0.15, 0.2) is 0 Å². The number of hydrogen-bond donors (Lipinski definition) is 2. The van der Waals surface area contributed by atoms with Crippen LogP contribution in [0.2, 0.25) is 0 Å². The van der Waals surface area contributed by atoms with Crippen molar-refractivity contribution in [2.24, 2.45) is 0 Å². The van der Waals surface area contributed by atoms with Crippen LogP contribution in [0.25, 0.3) is 10.2 Å². The second-order valence-electron chi connectivity index (χ2n) is 7.60. The van der Waals surface area contributed by atoms with Crippen molar-refractivity contribution in [1.82, 2.24) is 20.4 Å². The van der Waals surface area contributed by atoms with Gasteiger partial charge in [-0.2, -0.15) is 5.10 Å². The van der Waals surface area contributed by atoms with Gasteiger partial charge in [-0.3, -0.25) is 14.3 Å². The molecule has 0 spiro atoms. The number of carbonyl (C=O) groups is 2. The minimum absolute atomic E-state index is 0.248. The first kappa shape index (κ1) is 21.7. The molecule has 2 heterocycles. The Hall–Kier alpha value is -3.52. The number of thiophene rings is 1. The molecule has 0 saturated heterocycles. The average Bonchev–Trinajstić information content (AvgIpc) is 3.35. The molecule has 0 aliphatic rings. The Morgan fingerprint density at radius 1 is 1.09 bits per heavy atom. The zero-order valence-electron chi connectivity index (χ0n) is 17.8. The summed E-state index contributed by atoms with van der Waals surface area (Å²) in [5.74, 6) is -0.837. The lowest BCUT2D eigenvalue weighted by atomic mass is 10.2. The largest absolute Gasteiger partial charge is 0.350 e. The number of hydrogen-bond acceptors (Lipinski definition) is 4. The Balaban J connectivity index is 1.43. The predicted molar refractivity (Wildman–Crippen MR) is 123 cm³/mol. The SMILES string of the molecule is Cc1nn(Cc2ccc(F)cc2)c2sc(C(=O)NC(C)C(=O)NCc3ccccc3)cc12. The Bertz CT molecular complexity index is 1250. The fourth-order valence-corrected chi connectivity index (χ4v) is 4.43. The van der Waals surface area contributed by atoms with E-state index in [1.165, 1.54) is 23.5 Å². The van der Waals surface area contributed by atoms with Crippen LogP contribution in [0.4, 0.5) is 4.39 Å². The number of rotatable bonds is 7. The number of benzene rings is 2. The number of nitrogens with one attached hydrogen (secondary N) is 2. The van der Waals surface area contributed by atoms with E-state index in [4.69, 9.17) is 0 Å². The lowest BCUT2D eigenvalue weighted by molar-refractivity contribution is -0.122. The van der Waals surface area contributed by atoms with Crippen molar-refractivity contribution in [3.63, 3.8) is 0 Å². The maximum Gasteiger partial charge on any atom is 0.262 e. The Kier molecular flexibility index (Phi) is 6.32. The van der Waals surface area contributed by atoms with E-state index in [0.717, 1.165) is 27.0 Å². The van der Waals surface area contributed by atoms with E-state index in [-0.39, 0.29) is 17.6 Å². The number of carbonyl (C=O) groups excluding carboxylic acids is 2. The fourth-order valence-electron chi connectivity index (χ4n) is 3.37. The zero-order valence-corrected chi connectivity index (χ0v) is 18.6. The van der Waals surface area contributed by atoms with E-state index in [9.17, 15) is 14.0 Å². The van der Waals surface area contributed by atoms with E-state index in [1.807, 2.05) is 41.9 Å².